The van der Waals surface area contributed by atoms with E-state index in [4.69, 9.17) is 13.5 Å². The average Bonchev–Trinajstić information content (AvgIpc) is 2.73. The second kappa shape index (κ2) is 9.29. The third kappa shape index (κ3) is 8.03. The summed E-state index contributed by atoms with van der Waals surface area (Å²) in [5.74, 6) is -0.188. The van der Waals surface area contributed by atoms with E-state index >= 15 is 0 Å². The predicted molar refractivity (Wildman–Crippen MR) is 67.4 cm³/mol. The van der Waals surface area contributed by atoms with Crippen molar-refractivity contribution in [3.05, 3.63) is 21.9 Å². The molecule has 1 rings (SSSR count). The largest absolute Gasteiger partial charge is 0.760 e. The zero-order chi connectivity index (χ0) is 13.3. The standard InChI is InChI=1S/C10H14O2S.H3NO2S/c1-3-5-12-10(11)9-6-8(4-2)7-13-9;1-4(2)3/h6-7H,3-5H2,1-2H3;1H2,(H,2,3)/p-1. The van der Waals surface area contributed by atoms with Crippen molar-refractivity contribution in [1.82, 2.24) is 0 Å². The van der Waals surface area contributed by atoms with Crippen LogP contribution in [0.15, 0.2) is 11.4 Å². The maximum atomic E-state index is 11.3. The second-order valence-corrected chi connectivity index (χ2v) is 4.50. The summed E-state index contributed by atoms with van der Waals surface area (Å²) >= 11 is -0.903. The molecule has 0 bridgehead atoms. The summed E-state index contributed by atoms with van der Waals surface area (Å²) in [5.41, 5.74) is 1.20. The van der Waals surface area contributed by atoms with Crippen molar-refractivity contribution in [3.63, 3.8) is 0 Å². The summed E-state index contributed by atoms with van der Waals surface area (Å²) in [7, 11) is 0. The smallest absolute Gasteiger partial charge is 0.348 e. The number of rotatable bonds is 4. The summed E-state index contributed by atoms with van der Waals surface area (Å²) in [5, 5.41) is 6.03. The molecule has 0 aliphatic rings. The molecule has 0 saturated carbocycles. The second-order valence-electron chi connectivity index (χ2n) is 3.07. The Morgan fingerprint density at radius 3 is 2.59 bits per heavy atom. The normalized spacial score (nSPS) is 11.3. The first-order valence-corrected chi connectivity index (χ1v) is 7.11. The Balaban J connectivity index is 0.000000557. The lowest BCUT2D eigenvalue weighted by Gasteiger charge is -1.98. The number of thiophene rings is 1. The van der Waals surface area contributed by atoms with Gasteiger partial charge in [-0.2, -0.15) is 0 Å². The van der Waals surface area contributed by atoms with Crippen molar-refractivity contribution in [2.45, 2.75) is 26.7 Å². The molecule has 1 aromatic rings. The molecule has 2 N–H and O–H groups in total. The fourth-order valence-corrected chi connectivity index (χ4v) is 1.82. The Morgan fingerprint density at radius 1 is 1.59 bits per heavy atom. The number of hydrogen-bond donors (Lipinski definition) is 1. The predicted octanol–water partition coefficient (Wildman–Crippen LogP) is 1.62. The van der Waals surface area contributed by atoms with Gasteiger partial charge >= 0.3 is 5.97 Å². The Bertz CT molecular complexity index is 361. The highest BCUT2D eigenvalue weighted by Gasteiger charge is 2.08. The van der Waals surface area contributed by atoms with Crippen LogP contribution in [0.3, 0.4) is 0 Å². The van der Waals surface area contributed by atoms with Crippen LogP contribution in [0.4, 0.5) is 0 Å². The van der Waals surface area contributed by atoms with Crippen LogP contribution in [-0.4, -0.2) is 21.3 Å². The van der Waals surface area contributed by atoms with E-state index in [1.807, 2.05) is 18.4 Å². The highest BCUT2D eigenvalue weighted by Crippen LogP contribution is 2.16. The molecule has 0 saturated heterocycles. The van der Waals surface area contributed by atoms with Crippen molar-refractivity contribution >= 4 is 28.6 Å². The molecule has 7 heteroatoms. The highest BCUT2D eigenvalue weighted by molar-refractivity contribution is 7.76. The number of esters is 1. The lowest BCUT2D eigenvalue weighted by Crippen LogP contribution is -2.03. The third-order valence-corrected chi connectivity index (χ3v) is 2.66. The summed E-state index contributed by atoms with van der Waals surface area (Å²) in [6.45, 7) is 4.57. The van der Waals surface area contributed by atoms with Crippen LogP contribution in [0, 0.1) is 0 Å². The Hall–Kier alpha value is -0.760. The Labute approximate surface area is 107 Å². The van der Waals surface area contributed by atoms with E-state index in [0.29, 0.717) is 11.5 Å². The van der Waals surface area contributed by atoms with Gasteiger partial charge < -0.3 is 9.29 Å². The van der Waals surface area contributed by atoms with E-state index in [1.165, 1.54) is 16.9 Å². The molecule has 1 unspecified atom stereocenters. The molecule has 0 amide bonds. The molecular weight excluding hydrogens is 262 g/mol. The molecule has 17 heavy (non-hydrogen) atoms. The summed E-state index contributed by atoms with van der Waals surface area (Å²) in [4.78, 5) is 12.0. The Kier molecular flexibility index (Phi) is 8.87. The molecule has 0 fully saturated rings. The number of ether oxygens (including phenoxy) is 1. The van der Waals surface area contributed by atoms with E-state index in [1.54, 1.807) is 0 Å². The van der Waals surface area contributed by atoms with Gasteiger partial charge in [0.15, 0.2) is 0 Å². The van der Waals surface area contributed by atoms with Crippen molar-refractivity contribution in [1.29, 1.82) is 0 Å². The van der Waals surface area contributed by atoms with Gasteiger partial charge in [0.25, 0.3) is 0 Å². The molecule has 0 aliphatic carbocycles. The maximum absolute atomic E-state index is 11.3. The number of aryl methyl sites for hydroxylation is 1. The van der Waals surface area contributed by atoms with Gasteiger partial charge in [0.2, 0.25) is 0 Å². The summed E-state index contributed by atoms with van der Waals surface area (Å²) < 4.78 is 22.6. The van der Waals surface area contributed by atoms with Gasteiger partial charge in [-0.15, -0.1) is 11.3 Å². The molecule has 0 radical (unpaired) electrons. The molecule has 1 heterocycles. The fraction of sp³-hybridized carbons (Fsp3) is 0.500. The topological polar surface area (TPSA) is 92.5 Å². The highest BCUT2D eigenvalue weighted by atomic mass is 32.2. The SMILES string of the molecule is CCCOC(=O)c1cc(CC)cs1.NS(=O)[O-]. The molecular formula is C10H16NO4S2-. The molecule has 98 valence electrons. The minimum Gasteiger partial charge on any atom is -0.760 e. The summed E-state index contributed by atoms with van der Waals surface area (Å²) in [6.07, 6.45) is 1.84. The number of carbonyl (C=O) groups is 1. The van der Waals surface area contributed by atoms with Gasteiger partial charge in [0, 0.05) is 11.3 Å². The summed E-state index contributed by atoms with van der Waals surface area (Å²) in [6, 6.07) is 1.91. The molecule has 1 atom stereocenters. The minimum atomic E-state index is -2.36. The van der Waals surface area contributed by atoms with Gasteiger partial charge in [-0.1, -0.05) is 13.8 Å². The van der Waals surface area contributed by atoms with Crippen molar-refractivity contribution in [2.75, 3.05) is 6.61 Å². The van der Waals surface area contributed by atoms with Crippen LogP contribution in [-0.2, 0) is 22.4 Å². The zero-order valence-corrected chi connectivity index (χ0v) is 11.4. The van der Waals surface area contributed by atoms with Gasteiger partial charge in [-0.25, -0.2) is 4.79 Å². The number of nitrogens with two attached hydrogens (primary N) is 1. The van der Waals surface area contributed by atoms with Gasteiger partial charge in [-0.3, -0.25) is 9.35 Å². The molecule has 1 aromatic heterocycles. The quantitative estimate of drug-likeness (QED) is 0.669. The zero-order valence-electron chi connectivity index (χ0n) is 9.80. The van der Waals surface area contributed by atoms with E-state index < -0.39 is 11.3 Å². The van der Waals surface area contributed by atoms with Crippen LogP contribution >= 0.6 is 11.3 Å². The van der Waals surface area contributed by atoms with Crippen molar-refractivity contribution < 1.29 is 18.3 Å². The molecule has 5 nitrogen and oxygen atoms in total. The van der Waals surface area contributed by atoms with E-state index in [9.17, 15) is 4.79 Å². The fourth-order valence-electron chi connectivity index (χ4n) is 0.934. The van der Waals surface area contributed by atoms with Gasteiger partial charge in [-0.05, 0) is 29.9 Å². The molecule has 0 spiro atoms. The van der Waals surface area contributed by atoms with Crippen LogP contribution in [0.1, 0.15) is 35.5 Å². The Morgan fingerprint density at radius 2 is 2.18 bits per heavy atom. The molecule has 0 aromatic carbocycles. The van der Waals surface area contributed by atoms with Crippen LogP contribution in [0.2, 0.25) is 0 Å². The monoisotopic (exact) mass is 278 g/mol. The average molecular weight is 278 g/mol. The maximum Gasteiger partial charge on any atom is 0.348 e. The van der Waals surface area contributed by atoms with Crippen molar-refractivity contribution in [3.8, 4) is 0 Å². The third-order valence-electron chi connectivity index (χ3n) is 1.70. The molecule has 0 aliphatic heterocycles. The van der Waals surface area contributed by atoms with Crippen LogP contribution < -0.4 is 5.14 Å². The van der Waals surface area contributed by atoms with E-state index in [0.717, 1.165) is 12.8 Å². The number of hydrogen-bond acceptors (Lipinski definition) is 5. The first-order chi connectivity index (χ1) is 8.01. The number of carbonyl (C=O) groups excluding carboxylic acids is 1. The first-order valence-electron chi connectivity index (χ1n) is 5.09. The minimum absolute atomic E-state index is 0.188. The van der Waals surface area contributed by atoms with Crippen LogP contribution in [0.25, 0.3) is 0 Å². The van der Waals surface area contributed by atoms with E-state index in [-0.39, 0.29) is 5.97 Å². The van der Waals surface area contributed by atoms with Crippen LogP contribution in [0.5, 0.6) is 0 Å². The first kappa shape index (κ1) is 16.2. The van der Waals surface area contributed by atoms with Crippen molar-refractivity contribution in [2.24, 2.45) is 5.14 Å². The van der Waals surface area contributed by atoms with Gasteiger partial charge in [0.1, 0.15) is 4.88 Å². The van der Waals surface area contributed by atoms with E-state index in [2.05, 4.69) is 12.1 Å². The van der Waals surface area contributed by atoms with Gasteiger partial charge in [0.05, 0.1) is 6.61 Å². The lowest BCUT2D eigenvalue weighted by molar-refractivity contribution is 0.0511. The lowest BCUT2D eigenvalue weighted by atomic mass is 10.2.